The molecule has 0 aliphatic heterocycles. The molecule has 1 amide bonds. The van der Waals surface area contributed by atoms with Gasteiger partial charge in [0.2, 0.25) is 0 Å². The van der Waals surface area contributed by atoms with Crippen molar-refractivity contribution in [3.8, 4) is 5.75 Å². The van der Waals surface area contributed by atoms with E-state index in [2.05, 4.69) is 23.9 Å². The van der Waals surface area contributed by atoms with Crippen LogP contribution in [0.5, 0.6) is 5.75 Å². The standard InChI is InChI=1S/C11H13NO5S.C8H17NO2/c1-11(2,7-13)18-10(14)17-9-5-3-8(4-6-9)12(15)16;1-7(2)5-4-6-9-8(10)11-3/h3-6,13H,7H2,1-2H3;7H,4-6H2,1-3H3,(H,9,10). The van der Waals surface area contributed by atoms with Gasteiger partial charge in [-0.3, -0.25) is 10.1 Å². The second-order valence-electron chi connectivity index (χ2n) is 7.08. The van der Waals surface area contributed by atoms with Gasteiger partial charge in [-0.1, -0.05) is 13.8 Å². The molecule has 0 aliphatic carbocycles. The van der Waals surface area contributed by atoms with Gasteiger partial charge in [-0.25, -0.2) is 9.59 Å². The number of rotatable bonds is 8. The van der Waals surface area contributed by atoms with E-state index in [1.807, 2.05) is 0 Å². The van der Waals surface area contributed by atoms with Crippen molar-refractivity contribution in [2.45, 2.75) is 45.3 Å². The van der Waals surface area contributed by atoms with E-state index in [-0.39, 0.29) is 24.1 Å². The van der Waals surface area contributed by atoms with Crippen LogP contribution in [0.2, 0.25) is 0 Å². The molecule has 0 bridgehead atoms. The Labute approximate surface area is 175 Å². The molecular weight excluding hydrogens is 400 g/mol. The molecule has 164 valence electrons. The predicted molar refractivity (Wildman–Crippen MR) is 112 cm³/mol. The van der Waals surface area contributed by atoms with Crippen LogP contribution in [0.4, 0.5) is 15.3 Å². The number of thioether (sulfide) groups is 1. The van der Waals surface area contributed by atoms with Gasteiger partial charge in [0.15, 0.2) is 0 Å². The number of nitro groups is 1. The molecule has 29 heavy (non-hydrogen) atoms. The second-order valence-corrected chi connectivity index (χ2v) is 8.72. The predicted octanol–water partition coefficient (Wildman–Crippen LogP) is 4.38. The number of carbonyl (C=O) groups is 2. The Hall–Kier alpha value is -2.33. The lowest BCUT2D eigenvalue weighted by atomic mass is 10.1. The summed E-state index contributed by atoms with van der Waals surface area (Å²) < 4.78 is 8.76. The number of benzene rings is 1. The van der Waals surface area contributed by atoms with Gasteiger partial charge >= 0.3 is 11.4 Å². The van der Waals surface area contributed by atoms with Gasteiger partial charge in [-0.2, -0.15) is 0 Å². The number of hydrogen-bond donors (Lipinski definition) is 2. The lowest BCUT2D eigenvalue weighted by Gasteiger charge is -2.18. The molecule has 0 aliphatic rings. The van der Waals surface area contributed by atoms with E-state index in [4.69, 9.17) is 9.84 Å². The Morgan fingerprint density at radius 1 is 1.28 bits per heavy atom. The highest BCUT2D eigenvalue weighted by molar-refractivity contribution is 8.14. The largest absolute Gasteiger partial charge is 0.453 e. The third-order valence-electron chi connectivity index (χ3n) is 3.40. The van der Waals surface area contributed by atoms with Crippen molar-refractivity contribution in [1.29, 1.82) is 0 Å². The molecule has 1 aromatic carbocycles. The summed E-state index contributed by atoms with van der Waals surface area (Å²) in [6.07, 6.45) is 1.82. The third kappa shape index (κ3) is 13.5. The average Bonchev–Trinajstić information content (AvgIpc) is 2.65. The fourth-order valence-electron chi connectivity index (χ4n) is 1.78. The van der Waals surface area contributed by atoms with Crippen LogP contribution < -0.4 is 10.1 Å². The van der Waals surface area contributed by atoms with E-state index in [9.17, 15) is 19.7 Å². The number of aliphatic hydroxyl groups is 1. The zero-order valence-electron chi connectivity index (χ0n) is 17.5. The highest BCUT2D eigenvalue weighted by Gasteiger charge is 2.23. The fraction of sp³-hybridized carbons (Fsp3) is 0.579. The SMILES string of the molecule is CC(C)(CO)SC(=O)Oc1ccc([N+](=O)[O-])cc1.COC(=O)NCCCC(C)C. The fourth-order valence-corrected chi connectivity index (χ4v) is 2.44. The van der Waals surface area contributed by atoms with Crippen molar-refractivity contribution < 1.29 is 29.1 Å². The Morgan fingerprint density at radius 2 is 1.86 bits per heavy atom. The first kappa shape index (κ1) is 26.7. The van der Waals surface area contributed by atoms with E-state index in [0.29, 0.717) is 12.5 Å². The third-order valence-corrected chi connectivity index (χ3v) is 4.33. The second kappa shape index (κ2) is 13.8. The summed E-state index contributed by atoms with van der Waals surface area (Å²) in [7, 11) is 1.37. The molecule has 0 spiro atoms. The molecular formula is C19H30N2O7S. The highest BCUT2D eigenvalue weighted by Crippen LogP contribution is 2.27. The maximum atomic E-state index is 11.5. The zero-order valence-corrected chi connectivity index (χ0v) is 18.3. The van der Waals surface area contributed by atoms with Crippen molar-refractivity contribution in [3.05, 3.63) is 34.4 Å². The maximum Gasteiger partial charge on any atom is 0.406 e. The van der Waals surface area contributed by atoms with E-state index in [0.717, 1.165) is 24.6 Å². The normalized spacial score (nSPS) is 10.6. The Bertz CT molecular complexity index is 648. The number of ether oxygens (including phenoxy) is 2. The van der Waals surface area contributed by atoms with Gasteiger partial charge in [0, 0.05) is 23.4 Å². The molecule has 0 unspecified atom stereocenters. The van der Waals surface area contributed by atoms with Gasteiger partial charge in [0.25, 0.3) is 5.69 Å². The molecule has 0 atom stereocenters. The lowest BCUT2D eigenvalue weighted by molar-refractivity contribution is -0.384. The van der Waals surface area contributed by atoms with E-state index in [1.165, 1.54) is 31.4 Å². The van der Waals surface area contributed by atoms with Crippen molar-refractivity contribution in [2.75, 3.05) is 20.3 Å². The number of nitro benzene ring substituents is 1. The van der Waals surface area contributed by atoms with Crippen LogP contribution in [0.25, 0.3) is 0 Å². The molecule has 0 heterocycles. The topological polar surface area (TPSA) is 128 Å². The summed E-state index contributed by atoms with van der Waals surface area (Å²) >= 11 is 0.862. The van der Waals surface area contributed by atoms with Gasteiger partial charge in [-0.15, -0.1) is 0 Å². The summed E-state index contributed by atoms with van der Waals surface area (Å²) in [6.45, 7) is 8.29. The summed E-state index contributed by atoms with van der Waals surface area (Å²) in [5.74, 6) is 0.932. The monoisotopic (exact) mass is 430 g/mol. The van der Waals surface area contributed by atoms with Gasteiger partial charge in [-0.05, 0) is 56.5 Å². The van der Waals surface area contributed by atoms with Crippen molar-refractivity contribution in [2.24, 2.45) is 5.92 Å². The van der Waals surface area contributed by atoms with E-state index >= 15 is 0 Å². The maximum absolute atomic E-state index is 11.5. The van der Waals surface area contributed by atoms with Crippen molar-refractivity contribution >= 4 is 28.8 Å². The summed E-state index contributed by atoms with van der Waals surface area (Å²) in [5.41, 5.74) is -0.0712. The van der Waals surface area contributed by atoms with Crippen LogP contribution in [0.3, 0.4) is 0 Å². The number of amides is 1. The summed E-state index contributed by atoms with van der Waals surface area (Å²) in [5, 5.41) is 21.5. The Balaban J connectivity index is 0.000000614. The van der Waals surface area contributed by atoms with Crippen LogP contribution in [-0.4, -0.2) is 46.4 Å². The Kier molecular flexibility index (Phi) is 12.7. The van der Waals surface area contributed by atoms with Crippen LogP contribution in [0.1, 0.15) is 40.5 Å². The minimum absolute atomic E-state index is 0.0712. The summed E-state index contributed by atoms with van der Waals surface area (Å²) in [6, 6.07) is 5.21. The molecule has 10 heteroatoms. The number of hydrogen-bond acceptors (Lipinski definition) is 8. The first-order valence-electron chi connectivity index (χ1n) is 9.08. The van der Waals surface area contributed by atoms with Gasteiger partial charge in [0.05, 0.1) is 18.6 Å². The average molecular weight is 431 g/mol. The van der Waals surface area contributed by atoms with Crippen molar-refractivity contribution in [3.63, 3.8) is 0 Å². The lowest BCUT2D eigenvalue weighted by Crippen LogP contribution is -2.24. The molecule has 0 radical (unpaired) electrons. The number of alkyl carbamates (subject to hydrolysis) is 1. The highest BCUT2D eigenvalue weighted by atomic mass is 32.2. The number of methoxy groups -OCH3 is 1. The zero-order chi connectivity index (χ0) is 22.4. The van der Waals surface area contributed by atoms with Crippen molar-refractivity contribution in [1.82, 2.24) is 5.32 Å². The Morgan fingerprint density at radius 3 is 2.31 bits per heavy atom. The number of aliphatic hydroxyl groups excluding tert-OH is 1. The number of non-ortho nitro benzene ring substituents is 1. The molecule has 0 fully saturated rings. The van der Waals surface area contributed by atoms with Gasteiger partial charge in [0.1, 0.15) is 5.75 Å². The molecule has 2 N–H and O–H groups in total. The summed E-state index contributed by atoms with van der Waals surface area (Å²) in [4.78, 5) is 31.9. The van der Waals surface area contributed by atoms with E-state index in [1.54, 1.807) is 13.8 Å². The van der Waals surface area contributed by atoms with Crippen LogP contribution >= 0.6 is 11.8 Å². The van der Waals surface area contributed by atoms with Crippen LogP contribution in [0.15, 0.2) is 24.3 Å². The van der Waals surface area contributed by atoms with Gasteiger partial charge < -0.3 is 19.9 Å². The van der Waals surface area contributed by atoms with Crippen LogP contribution in [-0.2, 0) is 4.74 Å². The minimum Gasteiger partial charge on any atom is -0.453 e. The van der Waals surface area contributed by atoms with E-state index < -0.39 is 15.0 Å². The molecule has 1 rings (SSSR count). The smallest absolute Gasteiger partial charge is 0.406 e. The van der Waals surface area contributed by atoms with Crippen LogP contribution in [0, 0.1) is 16.0 Å². The molecule has 1 aromatic rings. The number of nitrogens with zero attached hydrogens (tertiary/aromatic N) is 1. The number of carbonyl (C=O) groups excluding carboxylic acids is 2. The molecule has 0 saturated heterocycles. The minimum atomic E-state index is -0.627. The molecule has 9 nitrogen and oxygen atoms in total. The number of nitrogens with one attached hydrogen (secondary N) is 1. The molecule has 0 saturated carbocycles. The first-order chi connectivity index (χ1) is 13.5. The molecule has 0 aromatic heterocycles. The first-order valence-corrected chi connectivity index (χ1v) is 9.90. The quantitative estimate of drug-likeness (QED) is 0.269.